The van der Waals surface area contributed by atoms with Gasteiger partial charge in [0.2, 0.25) is 12.0 Å². The van der Waals surface area contributed by atoms with Gasteiger partial charge in [-0.05, 0) is 17.7 Å². The summed E-state index contributed by atoms with van der Waals surface area (Å²) in [5, 5.41) is 4.56. The Morgan fingerprint density at radius 2 is 1.71 bits per heavy atom. The molecule has 4 rings (SSSR count). The van der Waals surface area contributed by atoms with Gasteiger partial charge in [0.15, 0.2) is 0 Å². The lowest BCUT2D eigenvalue weighted by Crippen LogP contribution is -2.32. The molecule has 5 nitrogen and oxygen atoms in total. The molecule has 0 bridgehead atoms. The first-order chi connectivity index (χ1) is 11.6. The summed E-state index contributed by atoms with van der Waals surface area (Å²) in [6.07, 6.45) is -0.869. The highest BCUT2D eigenvalue weighted by Crippen LogP contribution is 2.33. The van der Waals surface area contributed by atoms with Gasteiger partial charge in [-0.15, -0.1) is 0 Å². The Labute approximate surface area is 143 Å². The number of amides is 2. The van der Waals surface area contributed by atoms with E-state index in [1.807, 2.05) is 30.3 Å². The molecule has 2 amide bonds. The molecule has 2 atom stereocenters. The van der Waals surface area contributed by atoms with E-state index in [4.69, 9.17) is 16.4 Å². The van der Waals surface area contributed by atoms with Gasteiger partial charge in [-0.3, -0.25) is 14.5 Å². The monoisotopic (exact) mass is 340 g/mol. The van der Waals surface area contributed by atoms with Gasteiger partial charge in [-0.2, -0.15) is 0 Å². The van der Waals surface area contributed by atoms with Crippen LogP contribution < -0.4 is 0 Å². The third-order valence-electron chi connectivity index (χ3n) is 4.23. The molecule has 2 aliphatic heterocycles. The number of carbonyl (C=O) groups excluding carboxylic acids is 2. The van der Waals surface area contributed by atoms with Gasteiger partial charge in [0.1, 0.15) is 11.6 Å². The van der Waals surface area contributed by atoms with E-state index >= 15 is 0 Å². The zero-order valence-corrected chi connectivity index (χ0v) is 13.3. The molecule has 1 fully saturated rings. The van der Waals surface area contributed by atoms with Crippen molar-refractivity contribution in [1.29, 1.82) is 0 Å². The van der Waals surface area contributed by atoms with Crippen LogP contribution in [-0.4, -0.2) is 28.5 Å². The number of fused-ring (bicyclic) bond motifs is 1. The number of benzene rings is 2. The van der Waals surface area contributed by atoms with Gasteiger partial charge < -0.3 is 4.84 Å². The fourth-order valence-corrected chi connectivity index (χ4v) is 3.14. The summed E-state index contributed by atoms with van der Waals surface area (Å²) in [6, 6.07) is 16.4. The van der Waals surface area contributed by atoms with E-state index < -0.39 is 12.0 Å². The highest BCUT2D eigenvalue weighted by molar-refractivity contribution is 6.31. The lowest BCUT2D eigenvalue weighted by molar-refractivity contribution is -0.142. The molecular formula is C18H13ClN2O3. The molecule has 1 saturated heterocycles. The molecule has 2 aromatic carbocycles. The van der Waals surface area contributed by atoms with Crippen LogP contribution in [0.2, 0.25) is 5.02 Å². The molecule has 2 heterocycles. The fraction of sp³-hybridized carbons (Fsp3) is 0.167. The minimum absolute atomic E-state index is 0.239. The van der Waals surface area contributed by atoms with E-state index in [0.717, 1.165) is 11.1 Å². The number of halogens is 1. The normalized spacial score (nSPS) is 22.4. The molecule has 0 spiro atoms. The molecular weight excluding hydrogens is 328 g/mol. The second-order valence-corrected chi connectivity index (χ2v) is 6.17. The standard InChI is InChI=1S/C18H13ClN2O3/c19-13-8-6-12(7-9-13)15-14-16(24-20-15)18(23)21(17(14)22)10-11-4-2-1-3-5-11/h1-9,14,16H,10H2/t14-,16+/m0/s1. The van der Waals surface area contributed by atoms with Crippen LogP contribution in [0.5, 0.6) is 0 Å². The first-order valence-corrected chi connectivity index (χ1v) is 7.92. The zero-order chi connectivity index (χ0) is 16.7. The summed E-state index contributed by atoms with van der Waals surface area (Å²) in [5.41, 5.74) is 2.10. The van der Waals surface area contributed by atoms with E-state index in [-0.39, 0.29) is 18.4 Å². The largest absolute Gasteiger partial charge is 0.381 e. The predicted octanol–water partition coefficient (Wildman–Crippen LogP) is 2.63. The summed E-state index contributed by atoms with van der Waals surface area (Å²) >= 11 is 5.89. The van der Waals surface area contributed by atoms with Crippen molar-refractivity contribution in [3.63, 3.8) is 0 Å². The number of hydrogen-bond acceptors (Lipinski definition) is 4. The summed E-state index contributed by atoms with van der Waals surface area (Å²) in [5.74, 6) is -1.32. The maximum Gasteiger partial charge on any atom is 0.274 e. The summed E-state index contributed by atoms with van der Waals surface area (Å²) < 4.78 is 0. The van der Waals surface area contributed by atoms with Crippen molar-refractivity contribution in [2.75, 3.05) is 0 Å². The first-order valence-electron chi connectivity index (χ1n) is 7.54. The third-order valence-corrected chi connectivity index (χ3v) is 4.48. The Kier molecular flexibility index (Phi) is 3.58. The fourth-order valence-electron chi connectivity index (χ4n) is 3.01. The Morgan fingerprint density at radius 3 is 2.42 bits per heavy atom. The molecule has 2 aliphatic rings. The number of carbonyl (C=O) groups is 2. The highest BCUT2D eigenvalue weighted by atomic mass is 35.5. The molecule has 6 heteroatoms. The maximum atomic E-state index is 12.8. The molecule has 0 N–H and O–H groups in total. The first kappa shape index (κ1) is 14.9. The van der Waals surface area contributed by atoms with Crippen LogP contribution in [-0.2, 0) is 21.0 Å². The van der Waals surface area contributed by atoms with Crippen molar-refractivity contribution in [2.24, 2.45) is 11.1 Å². The minimum atomic E-state index is -0.869. The van der Waals surface area contributed by atoms with Crippen LogP contribution in [0.3, 0.4) is 0 Å². The van der Waals surface area contributed by atoms with Crippen molar-refractivity contribution in [3.8, 4) is 0 Å². The topological polar surface area (TPSA) is 59.0 Å². The van der Waals surface area contributed by atoms with Crippen molar-refractivity contribution >= 4 is 29.1 Å². The second kappa shape index (κ2) is 5.76. The Hall–Kier alpha value is -2.66. The van der Waals surface area contributed by atoms with Crippen molar-refractivity contribution in [2.45, 2.75) is 12.6 Å². The van der Waals surface area contributed by atoms with Gasteiger partial charge in [-0.25, -0.2) is 0 Å². The number of hydrogen-bond donors (Lipinski definition) is 0. The van der Waals surface area contributed by atoms with Gasteiger partial charge in [0.25, 0.3) is 5.91 Å². The van der Waals surface area contributed by atoms with E-state index in [1.165, 1.54) is 4.90 Å². The van der Waals surface area contributed by atoms with E-state index in [0.29, 0.717) is 10.7 Å². The molecule has 0 saturated carbocycles. The number of imide groups is 1. The van der Waals surface area contributed by atoms with Crippen LogP contribution in [0.15, 0.2) is 59.8 Å². The summed E-state index contributed by atoms with van der Waals surface area (Å²) in [7, 11) is 0. The van der Waals surface area contributed by atoms with Crippen LogP contribution in [0.25, 0.3) is 0 Å². The Morgan fingerprint density at radius 1 is 1.00 bits per heavy atom. The Bertz CT molecular complexity index is 833. The molecule has 2 aromatic rings. The van der Waals surface area contributed by atoms with Crippen LogP contribution >= 0.6 is 11.6 Å². The van der Waals surface area contributed by atoms with Crippen LogP contribution in [0, 0.1) is 5.92 Å². The number of likely N-dealkylation sites (tertiary alicyclic amines) is 1. The Balaban J connectivity index is 1.61. The molecule has 0 aromatic heterocycles. The molecule has 24 heavy (non-hydrogen) atoms. The zero-order valence-electron chi connectivity index (χ0n) is 12.6. The van der Waals surface area contributed by atoms with Crippen molar-refractivity contribution in [3.05, 3.63) is 70.7 Å². The third kappa shape index (κ3) is 2.37. The number of nitrogens with zero attached hydrogens (tertiary/aromatic N) is 2. The average molecular weight is 341 g/mol. The van der Waals surface area contributed by atoms with Crippen LogP contribution in [0.4, 0.5) is 0 Å². The maximum absolute atomic E-state index is 12.8. The van der Waals surface area contributed by atoms with Gasteiger partial charge in [-0.1, -0.05) is 59.2 Å². The van der Waals surface area contributed by atoms with Gasteiger partial charge in [0, 0.05) is 10.6 Å². The predicted molar refractivity (Wildman–Crippen MR) is 88.4 cm³/mol. The average Bonchev–Trinajstić information content (AvgIpc) is 3.13. The molecule has 0 aliphatic carbocycles. The lowest BCUT2D eigenvalue weighted by atomic mass is 9.94. The lowest BCUT2D eigenvalue weighted by Gasteiger charge is -2.15. The van der Waals surface area contributed by atoms with Crippen molar-refractivity contribution < 1.29 is 14.4 Å². The second-order valence-electron chi connectivity index (χ2n) is 5.74. The molecule has 120 valence electrons. The number of oxime groups is 1. The van der Waals surface area contributed by atoms with E-state index in [1.54, 1.807) is 24.3 Å². The highest BCUT2D eigenvalue weighted by Gasteiger charge is 2.55. The smallest absolute Gasteiger partial charge is 0.274 e. The van der Waals surface area contributed by atoms with Crippen molar-refractivity contribution in [1.82, 2.24) is 4.90 Å². The van der Waals surface area contributed by atoms with Crippen LogP contribution in [0.1, 0.15) is 11.1 Å². The van der Waals surface area contributed by atoms with Gasteiger partial charge >= 0.3 is 0 Å². The minimum Gasteiger partial charge on any atom is -0.381 e. The summed E-state index contributed by atoms with van der Waals surface area (Å²) in [6.45, 7) is 0.239. The molecule has 0 unspecified atom stereocenters. The quantitative estimate of drug-likeness (QED) is 0.807. The summed E-state index contributed by atoms with van der Waals surface area (Å²) in [4.78, 5) is 31.8. The van der Waals surface area contributed by atoms with E-state index in [2.05, 4.69) is 5.16 Å². The number of rotatable bonds is 3. The SMILES string of the molecule is O=C1[C@H]2C(c3ccc(Cl)cc3)=NO[C@H]2C(=O)N1Cc1ccccc1. The van der Waals surface area contributed by atoms with E-state index in [9.17, 15) is 9.59 Å². The van der Waals surface area contributed by atoms with Gasteiger partial charge in [0.05, 0.1) is 6.54 Å². The molecule has 0 radical (unpaired) electrons.